The first-order chi connectivity index (χ1) is 19.8. The summed E-state index contributed by atoms with van der Waals surface area (Å²) in [5, 5.41) is 9.24. The molecule has 41 heavy (non-hydrogen) atoms. The Morgan fingerprint density at radius 2 is 1.78 bits per heavy atom. The first kappa shape index (κ1) is 29.1. The summed E-state index contributed by atoms with van der Waals surface area (Å²) in [7, 11) is 3.03. The fraction of sp³-hybridized carbons (Fsp3) is 0.613. The normalized spacial score (nSPS) is 25.4. The van der Waals surface area contributed by atoms with Gasteiger partial charge in [0.2, 0.25) is 17.7 Å². The largest absolute Gasteiger partial charge is 0.452 e. The van der Waals surface area contributed by atoms with E-state index in [1.807, 2.05) is 18.2 Å². The van der Waals surface area contributed by atoms with Crippen LogP contribution in [0.2, 0.25) is 0 Å². The third-order valence-electron chi connectivity index (χ3n) is 9.42. The number of nitrogens with one attached hydrogen (secondary N) is 3. The number of benzene rings is 1. The van der Waals surface area contributed by atoms with Crippen molar-refractivity contribution < 1.29 is 23.9 Å². The van der Waals surface area contributed by atoms with Crippen molar-refractivity contribution in [2.75, 3.05) is 27.2 Å². The van der Waals surface area contributed by atoms with Crippen LogP contribution in [0, 0.1) is 11.8 Å². The number of rotatable bonds is 7. The van der Waals surface area contributed by atoms with Gasteiger partial charge in [-0.15, -0.1) is 0 Å². The Labute approximate surface area is 242 Å². The molecule has 4 aliphatic rings. The number of carbonyl (C=O) groups excluding carboxylic acids is 4. The van der Waals surface area contributed by atoms with Gasteiger partial charge in [0, 0.05) is 18.8 Å². The van der Waals surface area contributed by atoms with E-state index in [1.165, 1.54) is 17.6 Å². The Balaban J connectivity index is 1.40. The lowest BCUT2D eigenvalue weighted by Gasteiger charge is -2.36. The molecule has 5 atom stereocenters. The van der Waals surface area contributed by atoms with Crippen LogP contribution in [0.1, 0.15) is 69.0 Å². The predicted molar refractivity (Wildman–Crippen MR) is 153 cm³/mol. The van der Waals surface area contributed by atoms with Gasteiger partial charge in [0.1, 0.15) is 6.04 Å². The molecule has 2 heterocycles. The quantitative estimate of drug-likeness (QED) is 0.468. The Morgan fingerprint density at radius 3 is 2.51 bits per heavy atom. The second-order valence-electron chi connectivity index (χ2n) is 11.8. The number of likely N-dealkylation sites (N-methyl/N-ethyl adjacent to an activating group) is 1. The summed E-state index contributed by atoms with van der Waals surface area (Å²) in [4.78, 5) is 57.1. The molecular formula is C31H43N5O5. The lowest BCUT2D eigenvalue weighted by Crippen LogP contribution is -2.58. The predicted octanol–water partition coefficient (Wildman–Crippen LogP) is 2.65. The summed E-state index contributed by atoms with van der Waals surface area (Å²) in [6, 6.07) is 6.33. The van der Waals surface area contributed by atoms with E-state index in [2.05, 4.69) is 28.1 Å². The Kier molecular flexibility index (Phi) is 8.97. The van der Waals surface area contributed by atoms with E-state index in [4.69, 9.17) is 4.74 Å². The van der Waals surface area contributed by atoms with E-state index < -0.39 is 30.1 Å². The molecule has 0 radical (unpaired) electrons. The molecule has 0 bridgehead atoms. The Bertz CT molecular complexity index is 1200. The summed E-state index contributed by atoms with van der Waals surface area (Å²) in [6.45, 7) is 2.16. The van der Waals surface area contributed by atoms with Gasteiger partial charge >= 0.3 is 6.09 Å². The van der Waals surface area contributed by atoms with Crippen LogP contribution in [0.3, 0.4) is 0 Å². The first-order valence-corrected chi connectivity index (χ1v) is 15.1. The highest BCUT2D eigenvalue weighted by Crippen LogP contribution is 2.39. The van der Waals surface area contributed by atoms with Gasteiger partial charge in [0.15, 0.2) is 0 Å². The van der Waals surface area contributed by atoms with Crippen LogP contribution in [0.5, 0.6) is 0 Å². The molecule has 2 aliphatic carbocycles. The van der Waals surface area contributed by atoms with Crippen molar-refractivity contribution in [3.63, 3.8) is 0 Å². The Morgan fingerprint density at radius 1 is 1.02 bits per heavy atom. The molecule has 10 heteroatoms. The van der Waals surface area contributed by atoms with Crippen molar-refractivity contribution in [3.05, 3.63) is 47.2 Å². The number of hydrogen-bond donors (Lipinski definition) is 3. The molecule has 0 aromatic heterocycles. The number of ether oxygens (including phenoxy) is 1. The van der Waals surface area contributed by atoms with Crippen molar-refractivity contribution in [2.24, 2.45) is 11.8 Å². The highest BCUT2D eigenvalue weighted by Gasteiger charge is 2.52. The standard InChI is InChI=1S/C31H43N5O5/c1-19(32-2)28(37)34-26(21-11-5-4-6-12-21)30(39)35-17-16-25-27(35)23(18-36(25)31(40)41-3)29(38)33-24-15-9-13-20-10-7-8-14-22(20)24/h7-8,10,14,16,19,21,23-24,26-27,32H,4-6,9,11-13,15,17-18H2,1-3H3,(H,33,38)(H,34,37). The molecule has 1 saturated carbocycles. The van der Waals surface area contributed by atoms with E-state index in [0.717, 1.165) is 56.9 Å². The maximum atomic E-state index is 14.3. The zero-order valence-corrected chi connectivity index (χ0v) is 24.4. The van der Waals surface area contributed by atoms with Gasteiger partial charge in [-0.2, -0.15) is 0 Å². The molecule has 1 saturated heterocycles. The molecule has 1 aromatic carbocycles. The summed E-state index contributed by atoms with van der Waals surface area (Å²) in [6.07, 6.45) is 8.99. The third-order valence-corrected chi connectivity index (χ3v) is 9.42. The smallest absolute Gasteiger partial charge is 0.413 e. The SMILES string of the molecule is CNC(C)C(=O)NC(C(=O)N1CC=C2C1C(C(=O)NC1CCCc3ccccc31)CN2C(=O)OC)C1CCCCC1. The molecule has 0 spiro atoms. The second kappa shape index (κ2) is 12.6. The number of nitrogens with zero attached hydrogens (tertiary/aromatic N) is 2. The maximum absolute atomic E-state index is 14.3. The Hall–Kier alpha value is -3.40. The molecule has 2 aliphatic heterocycles. The van der Waals surface area contributed by atoms with Crippen LogP contribution < -0.4 is 16.0 Å². The van der Waals surface area contributed by atoms with Crippen molar-refractivity contribution in [1.82, 2.24) is 25.8 Å². The number of methoxy groups -OCH3 is 1. The van der Waals surface area contributed by atoms with Gasteiger partial charge in [0.25, 0.3) is 0 Å². The maximum Gasteiger partial charge on any atom is 0.413 e. The molecule has 3 N–H and O–H groups in total. The average molecular weight is 566 g/mol. The number of hydrogen-bond acceptors (Lipinski definition) is 6. The molecule has 222 valence electrons. The van der Waals surface area contributed by atoms with E-state index >= 15 is 0 Å². The van der Waals surface area contributed by atoms with E-state index in [9.17, 15) is 19.2 Å². The van der Waals surface area contributed by atoms with Gasteiger partial charge in [-0.3, -0.25) is 19.3 Å². The topological polar surface area (TPSA) is 120 Å². The second-order valence-corrected chi connectivity index (χ2v) is 11.8. The highest BCUT2D eigenvalue weighted by atomic mass is 16.5. The molecule has 10 nitrogen and oxygen atoms in total. The number of fused-ring (bicyclic) bond motifs is 2. The molecule has 1 aromatic rings. The zero-order chi connectivity index (χ0) is 29.1. The molecule has 5 unspecified atom stereocenters. The zero-order valence-electron chi connectivity index (χ0n) is 24.4. The van der Waals surface area contributed by atoms with Gasteiger partial charge in [-0.05, 0) is 69.2 Å². The summed E-state index contributed by atoms with van der Waals surface area (Å²) < 4.78 is 5.04. The van der Waals surface area contributed by atoms with Crippen LogP contribution >= 0.6 is 0 Å². The van der Waals surface area contributed by atoms with Crippen molar-refractivity contribution in [1.29, 1.82) is 0 Å². The van der Waals surface area contributed by atoms with Gasteiger partial charge in [0.05, 0.1) is 31.2 Å². The van der Waals surface area contributed by atoms with Gasteiger partial charge in [-0.1, -0.05) is 43.5 Å². The van der Waals surface area contributed by atoms with Crippen molar-refractivity contribution >= 4 is 23.8 Å². The lowest BCUT2D eigenvalue weighted by atomic mass is 9.83. The summed E-state index contributed by atoms with van der Waals surface area (Å²) in [5.74, 6) is -1.23. The molecule has 5 rings (SSSR count). The number of amides is 4. The fourth-order valence-electron chi connectivity index (χ4n) is 7.04. The van der Waals surface area contributed by atoms with Gasteiger partial charge in [-0.25, -0.2) is 4.79 Å². The van der Waals surface area contributed by atoms with Gasteiger partial charge < -0.3 is 25.6 Å². The monoisotopic (exact) mass is 565 g/mol. The summed E-state index contributed by atoms with van der Waals surface area (Å²) in [5.41, 5.74) is 2.99. The lowest BCUT2D eigenvalue weighted by molar-refractivity contribution is -0.141. The van der Waals surface area contributed by atoms with E-state index in [1.54, 1.807) is 18.9 Å². The fourth-order valence-corrected chi connectivity index (χ4v) is 7.04. The van der Waals surface area contributed by atoms with Crippen molar-refractivity contribution in [2.45, 2.75) is 82.5 Å². The minimum absolute atomic E-state index is 0.0254. The van der Waals surface area contributed by atoms with Crippen LogP contribution in [0.4, 0.5) is 4.79 Å². The number of likely N-dealkylation sites (tertiary alicyclic amines) is 1. The van der Waals surface area contributed by atoms with Crippen LogP contribution in [0.15, 0.2) is 36.0 Å². The minimum Gasteiger partial charge on any atom is -0.452 e. The minimum atomic E-state index is -0.688. The van der Waals surface area contributed by atoms with E-state index in [-0.39, 0.29) is 42.8 Å². The molecule has 4 amide bonds. The number of carbonyl (C=O) groups is 4. The van der Waals surface area contributed by atoms with E-state index in [0.29, 0.717) is 5.70 Å². The highest BCUT2D eigenvalue weighted by molar-refractivity contribution is 5.92. The molecular weight excluding hydrogens is 522 g/mol. The first-order valence-electron chi connectivity index (χ1n) is 15.1. The third kappa shape index (κ3) is 5.84. The average Bonchev–Trinajstić information content (AvgIpc) is 3.60. The van der Waals surface area contributed by atoms with Crippen LogP contribution in [-0.4, -0.2) is 79.0 Å². The van der Waals surface area contributed by atoms with Crippen molar-refractivity contribution in [3.8, 4) is 0 Å². The summed E-state index contributed by atoms with van der Waals surface area (Å²) >= 11 is 0. The van der Waals surface area contributed by atoms with Crippen LogP contribution in [0.25, 0.3) is 0 Å². The van der Waals surface area contributed by atoms with Crippen LogP contribution in [-0.2, 0) is 25.5 Å². The molecule has 2 fully saturated rings. The number of aryl methyl sites for hydroxylation is 1.